The van der Waals surface area contributed by atoms with Crippen LogP contribution < -0.4 is 0 Å². The van der Waals surface area contributed by atoms with Crippen LogP contribution in [0, 0.1) is 12.1 Å². The summed E-state index contributed by atoms with van der Waals surface area (Å²) < 4.78 is 0. The second-order valence-electron chi connectivity index (χ2n) is 3.33. The van der Waals surface area contributed by atoms with Crippen molar-refractivity contribution in [3.63, 3.8) is 0 Å². The molecule has 4 nitrogen and oxygen atoms in total. The van der Waals surface area contributed by atoms with Gasteiger partial charge in [-0.2, -0.15) is 0 Å². The van der Waals surface area contributed by atoms with Crippen molar-refractivity contribution in [2.24, 2.45) is 0 Å². The number of H-pyrrole nitrogens is 1. The van der Waals surface area contributed by atoms with Crippen LogP contribution in [-0.2, 0) is 0 Å². The Bertz CT molecular complexity index is 500. The van der Waals surface area contributed by atoms with Crippen LogP contribution in [0.2, 0.25) is 0 Å². The van der Waals surface area contributed by atoms with Crippen LogP contribution in [0.3, 0.4) is 0 Å². The zero-order chi connectivity index (χ0) is 10.8. The summed E-state index contributed by atoms with van der Waals surface area (Å²) in [7, 11) is 0. The summed E-state index contributed by atoms with van der Waals surface area (Å²) in [5.41, 5.74) is 2.90. The van der Waals surface area contributed by atoms with Crippen LogP contribution >= 0.6 is 0 Å². The molecule has 1 heterocycles. The van der Waals surface area contributed by atoms with Crippen molar-refractivity contribution in [3.8, 4) is 0 Å². The number of aryl methyl sites for hydroxylation is 1. The molecule has 0 bridgehead atoms. The first-order valence-electron chi connectivity index (χ1n) is 4.59. The summed E-state index contributed by atoms with van der Waals surface area (Å²) in [6.45, 7) is 1.92. The highest BCUT2D eigenvalue weighted by Crippen LogP contribution is 2.22. The molecule has 2 aromatic rings. The predicted molar refractivity (Wildman–Crippen MR) is 59.1 cm³/mol. The Balaban J connectivity index is 2.54. The molecule has 4 heteroatoms. The molecule has 0 fully saturated rings. The highest BCUT2D eigenvalue weighted by Gasteiger charge is 2.03. The van der Waals surface area contributed by atoms with Crippen molar-refractivity contribution < 1.29 is 5.21 Å². The highest BCUT2D eigenvalue weighted by molar-refractivity contribution is 5.90. The standard InChI is InChI=1S/C11H11N2O2/c1-8-9(6-7-13(14)15)10-4-2-3-5-11(10)12-8/h2-7,12,14H,1H3/q-1. The van der Waals surface area contributed by atoms with Gasteiger partial charge >= 0.3 is 0 Å². The molecule has 0 aliphatic carbocycles. The molecule has 15 heavy (non-hydrogen) atoms. The van der Waals surface area contributed by atoms with Crippen LogP contribution in [0.5, 0.6) is 0 Å². The first-order chi connectivity index (χ1) is 7.18. The number of aromatic nitrogens is 1. The summed E-state index contributed by atoms with van der Waals surface area (Å²) in [6.07, 6.45) is 2.66. The molecule has 78 valence electrons. The van der Waals surface area contributed by atoms with E-state index in [1.54, 1.807) is 6.08 Å². The third-order valence-electron chi connectivity index (χ3n) is 2.31. The number of hydroxylamine groups is 2. The van der Waals surface area contributed by atoms with Gasteiger partial charge in [0.25, 0.3) is 0 Å². The maximum Gasteiger partial charge on any atom is 0.0462 e. The van der Waals surface area contributed by atoms with Gasteiger partial charge in [-0.3, -0.25) is 5.21 Å². The van der Waals surface area contributed by atoms with Gasteiger partial charge in [-0.05, 0) is 19.1 Å². The topological polar surface area (TPSA) is 62.3 Å². The number of aromatic amines is 1. The van der Waals surface area contributed by atoms with E-state index in [9.17, 15) is 5.21 Å². The summed E-state index contributed by atoms with van der Waals surface area (Å²) in [4.78, 5) is 3.20. The van der Waals surface area contributed by atoms with Gasteiger partial charge < -0.3 is 15.4 Å². The third-order valence-corrected chi connectivity index (χ3v) is 2.31. The Labute approximate surface area is 87.0 Å². The second kappa shape index (κ2) is 3.76. The van der Waals surface area contributed by atoms with Crippen LogP contribution in [0.1, 0.15) is 11.3 Å². The molecule has 0 amide bonds. The van der Waals surface area contributed by atoms with Gasteiger partial charge in [-0.25, -0.2) is 0 Å². The smallest absolute Gasteiger partial charge is 0.0462 e. The van der Waals surface area contributed by atoms with Gasteiger partial charge in [0.1, 0.15) is 0 Å². The van der Waals surface area contributed by atoms with Crippen LogP contribution in [-0.4, -0.2) is 15.4 Å². The molecular formula is C11H11N2O2-. The zero-order valence-electron chi connectivity index (χ0n) is 8.27. The largest absolute Gasteiger partial charge is 0.734 e. The number of rotatable bonds is 2. The SMILES string of the molecule is Cc1[nH]c2ccccc2c1C=CN([O-])O. The molecule has 0 aliphatic heterocycles. The molecule has 0 aliphatic rings. The van der Waals surface area contributed by atoms with Crippen molar-refractivity contribution >= 4 is 17.0 Å². The first kappa shape index (κ1) is 9.76. The van der Waals surface area contributed by atoms with Gasteiger partial charge in [0, 0.05) is 28.4 Å². The van der Waals surface area contributed by atoms with Gasteiger partial charge in [-0.15, -0.1) is 0 Å². The zero-order valence-corrected chi connectivity index (χ0v) is 8.27. The molecule has 0 atom stereocenters. The summed E-state index contributed by atoms with van der Waals surface area (Å²) in [5.74, 6) is 0. The lowest BCUT2D eigenvalue weighted by atomic mass is 10.1. The van der Waals surface area contributed by atoms with E-state index in [0.29, 0.717) is 0 Å². The van der Waals surface area contributed by atoms with Gasteiger partial charge in [0.15, 0.2) is 0 Å². The Morgan fingerprint density at radius 2 is 2.13 bits per heavy atom. The number of benzene rings is 1. The molecule has 0 saturated heterocycles. The van der Waals surface area contributed by atoms with Crippen molar-refractivity contribution in [1.82, 2.24) is 10.2 Å². The Morgan fingerprint density at radius 3 is 2.87 bits per heavy atom. The number of para-hydroxylation sites is 1. The van der Waals surface area contributed by atoms with Gasteiger partial charge in [0.2, 0.25) is 0 Å². The average Bonchev–Trinajstić information content (AvgIpc) is 2.50. The van der Waals surface area contributed by atoms with Crippen LogP contribution in [0.4, 0.5) is 0 Å². The first-order valence-corrected chi connectivity index (χ1v) is 4.59. The number of hydrogen-bond acceptors (Lipinski definition) is 3. The normalized spacial score (nSPS) is 11.4. The van der Waals surface area contributed by atoms with Crippen molar-refractivity contribution in [3.05, 3.63) is 46.9 Å². The lowest BCUT2D eigenvalue weighted by Gasteiger charge is -2.14. The van der Waals surface area contributed by atoms with Gasteiger partial charge in [-0.1, -0.05) is 18.2 Å². The maximum absolute atomic E-state index is 10.4. The molecule has 1 aromatic carbocycles. The van der Waals surface area contributed by atoms with E-state index in [2.05, 4.69) is 4.98 Å². The van der Waals surface area contributed by atoms with Crippen molar-refractivity contribution in [1.29, 1.82) is 0 Å². The molecule has 2 N–H and O–H groups in total. The fourth-order valence-electron chi connectivity index (χ4n) is 1.65. The minimum Gasteiger partial charge on any atom is -0.734 e. The molecule has 0 radical (unpaired) electrons. The fourth-order valence-corrected chi connectivity index (χ4v) is 1.65. The predicted octanol–water partition coefficient (Wildman–Crippen LogP) is 2.64. The summed E-state index contributed by atoms with van der Waals surface area (Å²) in [6, 6.07) is 7.80. The Kier molecular flexibility index (Phi) is 2.45. The molecule has 0 saturated carbocycles. The van der Waals surface area contributed by atoms with E-state index in [1.165, 1.54) is 0 Å². The summed E-state index contributed by atoms with van der Waals surface area (Å²) in [5, 5.41) is 19.7. The molecular weight excluding hydrogens is 192 g/mol. The molecule has 1 aromatic heterocycles. The van der Waals surface area contributed by atoms with E-state index in [1.807, 2.05) is 31.2 Å². The Morgan fingerprint density at radius 1 is 1.40 bits per heavy atom. The number of nitrogens with zero attached hydrogens (tertiary/aromatic N) is 1. The van der Waals surface area contributed by atoms with Gasteiger partial charge in [0.05, 0.1) is 0 Å². The second-order valence-corrected chi connectivity index (χ2v) is 3.33. The van der Waals surface area contributed by atoms with Crippen molar-refractivity contribution in [2.75, 3.05) is 0 Å². The maximum atomic E-state index is 10.4. The molecule has 0 unspecified atom stereocenters. The van der Waals surface area contributed by atoms with E-state index in [0.717, 1.165) is 28.4 Å². The fraction of sp³-hybridized carbons (Fsp3) is 0.0909. The van der Waals surface area contributed by atoms with Crippen molar-refractivity contribution in [2.45, 2.75) is 6.92 Å². The minimum absolute atomic E-state index is 0.207. The monoisotopic (exact) mass is 203 g/mol. The molecule has 2 rings (SSSR count). The lowest BCUT2D eigenvalue weighted by molar-refractivity contribution is 0.0129. The number of fused-ring (bicyclic) bond motifs is 1. The third kappa shape index (κ3) is 1.86. The lowest BCUT2D eigenvalue weighted by Crippen LogP contribution is -1.97. The highest BCUT2D eigenvalue weighted by atomic mass is 16.8. The van der Waals surface area contributed by atoms with Crippen LogP contribution in [0.15, 0.2) is 30.5 Å². The number of nitrogens with one attached hydrogen (secondary N) is 1. The molecule has 0 spiro atoms. The summed E-state index contributed by atoms with van der Waals surface area (Å²) >= 11 is 0. The van der Waals surface area contributed by atoms with E-state index in [4.69, 9.17) is 5.21 Å². The van der Waals surface area contributed by atoms with Crippen LogP contribution in [0.25, 0.3) is 17.0 Å². The van der Waals surface area contributed by atoms with E-state index >= 15 is 0 Å². The average molecular weight is 203 g/mol. The number of hydrogen-bond donors (Lipinski definition) is 2. The minimum atomic E-state index is -0.207. The van der Waals surface area contributed by atoms with E-state index in [-0.39, 0.29) is 5.23 Å². The Hall–Kier alpha value is -1.78. The van der Waals surface area contributed by atoms with E-state index < -0.39 is 0 Å². The quantitative estimate of drug-likeness (QED) is 0.737.